The molecule has 3 aromatic heterocycles. The number of amides is 2. The van der Waals surface area contributed by atoms with Gasteiger partial charge in [0.1, 0.15) is 11.4 Å². The fourth-order valence-electron chi connectivity index (χ4n) is 3.81. The number of carbonyl (C=O) groups is 2. The lowest BCUT2D eigenvalue weighted by molar-refractivity contribution is -0.0237. The number of alkyl carbamates (subject to hydrolysis) is 1. The Morgan fingerprint density at radius 1 is 1.20 bits per heavy atom. The van der Waals surface area contributed by atoms with Crippen molar-refractivity contribution >= 4 is 45.3 Å². The molecule has 0 aliphatic carbocycles. The highest BCUT2D eigenvalue weighted by molar-refractivity contribution is 7.17. The molecule has 1 fully saturated rings. The van der Waals surface area contributed by atoms with Crippen LogP contribution in [0.4, 0.5) is 16.6 Å². The van der Waals surface area contributed by atoms with E-state index in [9.17, 15) is 9.59 Å². The molecule has 1 aliphatic heterocycles. The van der Waals surface area contributed by atoms with E-state index in [1.807, 2.05) is 26.0 Å². The first-order valence-corrected chi connectivity index (χ1v) is 12.3. The van der Waals surface area contributed by atoms with Gasteiger partial charge in [-0.25, -0.2) is 19.7 Å². The van der Waals surface area contributed by atoms with Crippen molar-refractivity contribution in [3.63, 3.8) is 0 Å². The molecule has 10 nitrogen and oxygen atoms in total. The van der Waals surface area contributed by atoms with E-state index >= 15 is 0 Å². The fourth-order valence-corrected chi connectivity index (χ4v) is 4.65. The van der Waals surface area contributed by atoms with Gasteiger partial charge in [-0.2, -0.15) is 0 Å². The van der Waals surface area contributed by atoms with Gasteiger partial charge in [-0.05, 0) is 65.2 Å². The summed E-state index contributed by atoms with van der Waals surface area (Å²) in [6, 6.07) is 3.51. The summed E-state index contributed by atoms with van der Waals surface area (Å²) < 4.78 is 11.9. The minimum atomic E-state index is -0.613. The number of pyridine rings is 1. The van der Waals surface area contributed by atoms with Gasteiger partial charge < -0.3 is 20.1 Å². The minimum absolute atomic E-state index is 0.260. The van der Waals surface area contributed by atoms with Crippen LogP contribution >= 0.6 is 11.3 Å². The highest BCUT2D eigenvalue weighted by Crippen LogP contribution is 2.26. The van der Waals surface area contributed by atoms with Crippen molar-refractivity contribution in [3.05, 3.63) is 40.5 Å². The Morgan fingerprint density at radius 3 is 2.74 bits per heavy atom. The van der Waals surface area contributed by atoms with Gasteiger partial charge in [0.05, 0.1) is 28.0 Å². The molecule has 3 N–H and O–H groups in total. The molecule has 0 radical (unpaired) electrons. The predicted molar refractivity (Wildman–Crippen MR) is 135 cm³/mol. The second-order valence-corrected chi connectivity index (χ2v) is 10.4. The van der Waals surface area contributed by atoms with Crippen LogP contribution in [0.1, 0.15) is 55.2 Å². The molecule has 0 spiro atoms. The number of thiophene rings is 1. The minimum Gasteiger partial charge on any atom is -0.444 e. The van der Waals surface area contributed by atoms with E-state index in [0.29, 0.717) is 29.5 Å². The highest BCUT2D eigenvalue weighted by Gasteiger charge is 2.30. The third-order valence-corrected chi connectivity index (χ3v) is 6.10. The monoisotopic (exact) mass is 498 g/mol. The van der Waals surface area contributed by atoms with Crippen LogP contribution in [0.5, 0.6) is 0 Å². The first-order valence-electron chi connectivity index (χ1n) is 11.5. The largest absolute Gasteiger partial charge is 0.444 e. The predicted octanol–water partition coefficient (Wildman–Crippen LogP) is 4.40. The van der Waals surface area contributed by atoms with Gasteiger partial charge in [0, 0.05) is 17.7 Å². The zero-order chi connectivity index (χ0) is 25.2. The summed E-state index contributed by atoms with van der Waals surface area (Å²) in [7, 11) is 0. The summed E-state index contributed by atoms with van der Waals surface area (Å²) in [5, 5.41) is 10.7. The molecular formula is C24H30N6O4S. The van der Waals surface area contributed by atoms with Crippen molar-refractivity contribution in [3.8, 4) is 0 Å². The number of hydrogen-bond acceptors (Lipinski definition) is 9. The lowest BCUT2D eigenvalue weighted by Crippen LogP contribution is -2.52. The van der Waals surface area contributed by atoms with Gasteiger partial charge in [-0.1, -0.05) is 0 Å². The molecule has 2 atom stereocenters. The lowest BCUT2D eigenvalue weighted by Gasteiger charge is -2.33. The van der Waals surface area contributed by atoms with Crippen LogP contribution in [-0.2, 0) is 9.47 Å². The number of rotatable bonds is 5. The molecule has 4 heterocycles. The average molecular weight is 499 g/mol. The highest BCUT2D eigenvalue weighted by atomic mass is 32.1. The summed E-state index contributed by atoms with van der Waals surface area (Å²) in [6.07, 6.45) is 2.10. The maximum Gasteiger partial charge on any atom is 0.409 e. The van der Waals surface area contributed by atoms with Crippen LogP contribution in [-0.4, -0.2) is 51.4 Å². The van der Waals surface area contributed by atoms with E-state index in [2.05, 4.69) is 30.9 Å². The number of carbonyl (C=O) groups excluding carboxylic acids is 2. The summed E-state index contributed by atoms with van der Waals surface area (Å²) >= 11 is 1.40. The van der Waals surface area contributed by atoms with Crippen molar-refractivity contribution in [2.45, 2.75) is 65.3 Å². The first kappa shape index (κ1) is 24.8. The molecule has 4 rings (SSSR count). The lowest BCUT2D eigenvalue weighted by atomic mass is 10.1. The molecule has 11 heteroatoms. The van der Waals surface area contributed by atoms with Gasteiger partial charge in [-0.15, -0.1) is 11.3 Å². The Balaban J connectivity index is 1.50. The third-order valence-electron chi connectivity index (χ3n) is 5.19. The van der Waals surface area contributed by atoms with E-state index in [4.69, 9.17) is 9.47 Å². The van der Waals surface area contributed by atoms with E-state index in [1.54, 1.807) is 32.3 Å². The Kier molecular flexibility index (Phi) is 7.18. The Bertz CT molecular complexity index is 1220. The maximum absolute atomic E-state index is 13.0. The van der Waals surface area contributed by atoms with E-state index in [0.717, 1.165) is 28.8 Å². The number of ether oxygens (including phenoxy) is 2. The quantitative estimate of drug-likeness (QED) is 0.472. The van der Waals surface area contributed by atoms with Crippen molar-refractivity contribution < 1.29 is 19.1 Å². The van der Waals surface area contributed by atoms with Gasteiger partial charge in [0.25, 0.3) is 5.91 Å². The zero-order valence-electron chi connectivity index (χ0n) is 20.5. The van der Waals surface area contributed by atoms with Crippen molar-refractivity contribution in [1.29, 1.82) is 0 Å². The smallest absolute Gasteiger partial charge is 0.409 e. The van der Waals surface area contributed by atoms with E-state index < -0.39 is 17.9 Å². The normalized spacial score (nSPS) is 18.2. The topological polar surface area (TPSA) is 127 Å². The molecule has 0 saturated carbocycles. The number of nitrogens with zero attached hydrogens (tertiary/aromatic N) is 3. The van der Waals surface area contributed by atoms with Crippen LogP contribution in [0.2, 0.25) is 0 Å². The van der Waals surface area contributed by atoms with Gasteiger partial charge in [0.2, 0.25) is 5.95 Å². The molecule has 0 aromatic carbocycles. The zero-order valence-corrected chi connectivity index (χ0v) is 21.3. The Labute approximate surface area is 207 Å². The number of aryl methyl sites for hydroxylation is 2. The van der Waals surface area contributed by atoms with E-state index in [-0.39, 0.29) is 11.9 Å². The van der Waals surface area contributed by atoms with Crippen molar-refractivity contribution in [2.75, 3.05) is 17.2 Å². The summed E-state index contributed by atoms with van der Waals surface area (Å²) in [5.74, 6) is 0.555. The van der Waals surface area contributed by atoms with Crippen LogP contribution in [0.25, 0.3) is 10.2 Å². The first-order chi connectivity index (χ1) is 16.6. The summed E-state index contributed by atoms with van der Waals surface area (Å²) in [6.45, 7) is 9.77. The standard InChI is InChI=1S/C24H30N6O4S/c1-13-9-14(2)26-18(10-13)28-20(31)15-12-35-17-11-25-22(29-19(15)17)27-16-7-6-8-33-21(16)30-23(32)34-24(3,4)5/h9-12,16,21H,6-8H2,1-5H3,(H,30,32)(H,25,27,29)(H,26,28,31)/t16-,21-/m1/s1. The maximum atomic E-state index is 13.0. The molecule has 35 heavy (non-hydrogen) atoms. The fraction of sp³-hybridized carbons (Fsp3) is 0.458. The second kappa shape index (κ2) is 10.1. The number of hydrogen-bond donors (Lipinski definition) is 3. The van der Waals surface area contributed by atoms with Gasteiger partial charge in [-0.3, -0.25) is 10.1 Å². The van der Waals surface area contributed by atoms with Gasteiger partial charge >= 0.3 is 6.09 Å². The molecule has 0 unspecified atom stereocenters. The van der Waals surface area contributed by atoms with Crippen LogP contribution in [0.3, 0.4) is 0 Å². The third kappa shape index (κ3) is 6.43. The Morgan fingerprint density at radius 2 is 2.00 bits per heavy atom. The SMILES string of the molecule is Cc1cc(C)nc(NC(=O)c2csc3cnc(N[C@@H]4CCCO[C@H]4NC(=O)OC(C)(C)C)nc23)c1. The number of fused-ring (bicyclic) bond motifs is 1. The molecule has 2 amide bonds. The molecule has 1 saturated heterocycles. The van der Waals surface area contributed by atoms with Gasteiger partial charge in [0.15, 0.2) is 6.23 Å². The van der Waals surface area contributed by atoms with Crippen molar-refractivity contribution in [1.82, 2.24) is 20.3 Å². The Hall–Kier alpha value is -3.31. The molecule has 1 aliphatic rings. The number of anilines is 2. The molecule has 0 bridgehead atoms. The molecule has 186 valence electrons. The van der Waals surface area contributed by atoms with E-state index in [1.165, 1.54) is 11.3 Å². The molecule has 3 aromatic rings. The van der Waals surface area contributed by atoms with Crippen LogP contribution < -0.4 is 16.0 Å². The molecular weight excluding hydrogens is 468 g/mol. The second-order valence-electron chi connectivity index (χ2n) is 9.51. The number of aromatic nitrogens is 3. The summed E-state index contributed by atoms with van der Waals surface area (Å²) in [5.41, 5.74) is 2.22. The summed E-state index contributed by atoms with van der Waals surface area (Å²) in [4.78, 5) is 38.6. The number of nitrogens with one attached hydrogen (secondary N) is 3. The van der Waals surface area contributed by atoms with Crippen LogP contribution in [0, 0.1) is 13.8 Å². The van der Waals surface area contributed by atoms with Crippen LogP contribution in [0.15, 0.2) is 23.7 Å². The van der Waals surface area contributed by atoms with Crippen molar-refractivity contribution in [2.24, 2.45) is 0 Å². The average Bonchev–Trinajstić information content (AvgIpc) is 3.16.